The molecule has 3 aromatic rings. The molecule has 1 atom stereocenters. The lowest BCUT2D eigenvalue weighted by Crippen LogP contribution is -2.46. The Kier molecular flexibility index (Phi) is 5.13. The highest BCUT2D eigenvalue weighted by atomic mass is 16.3. The zero-order valence-corrected chi connectivity index (χ0v) is 17.8. The highest BCUT2D eigenvalue weighted by Crippen LogP contribution is 2.35. The van der Waals surface area contributed by atoms with Crippen LogP contribution < -0.4 is 15.1 Å². The van der Waals surface area contributed by atoms with Crippen molar-refractivity contribution in [3.8, 4) is 0 Å². The van der Waals surface area contributed by atoms with Gasteiger partial charge in [-0.05, 0) is 62.7 Å². The maximum atomic E-state index is 9.71. The van der Waals surface area contributed by atoms with Crippen LogP contribution in [0.1, 0.15) is 37.5 Å². The van der Waals surface area contributed by atoms with Crippen molar-refractivity contribution in [1.82, 2.24) is 14.9 Å². The molecule has 2 aliphatic rings. The zero-order chi connectivity index (χ0) is 20.7. The number of aliphatic hydroxyl groups excluding tert-OH is 1. The van der Waals surface area contributed by atoms with Crippen LogP contribution in [-0.2, 0) is 0 Å². The summed E-state index contributed by atoms with van der Waals surface area (Å²) in [6, 6.07) is 16.0. The van der Waals surface area contributed by atoms with Crippen LogP contribution in [0.25, 0.3) is 11.0 Å². The van der Waals surface area contributed by atoms with Gasteiger partial charge in [-0.1, -0.05) is 12.1 Å². The van der Waals surface area contributed by atoms with Crippen molar-refractivity contribution in [2.45, 2.75) is 38.0 Å². The average molecular weight is 406 g/mol. The second-order valence-electron chi connectivity index (χ2n) is 8.66. The number of fused-ring (bicyclic) bond motifs is 1. The molecule has 30 heavy (non-hydrogen) atoms. The van der Waals surface area contributed by atoms with E-state index in [1.165, 1.54) is 23.9 Å². The highest BCUT2D eigenvalue weighted by molar-refractivity contribution is 5.78. The van der Waals surface area contributed by atoms with Gasteiger partial charge in [0.25, 0.3) is 0 Å². The Morgan fingerprint density at radius 3 is 2.33 bits per heavy atom. The minimum absolute atomic E-state index is 0.417. The number of rotatable bonds is 5. The van der Waals surface area contributed by atoms with E-state index in [2.05, 4.69) is 56.2 Å². The van der Waals surface area contributed by atoms with Crippen LogP contribution in [0.15, 0.2) is 48.7 Å². The number of benzene rings is 1. The number of aliphatic hydroxyl groups is 1. The first-order chi connectivity index (χ1) is 14.6. The summed E-state index contributed by atoms with van der Waals surface area (Å²) >= 11 is 0. The molecule has 158 valence electrons. The number of nitrogens with one attached hydrogen (secondary N) is 1. The van der Waals surface area contributed by atoms with Gasteiger partial charge in [0.1, 0.15) is 11.5 Å². The van der Waals surface area contributed by atoms with Gasteiger partial charge in [-0.3, -0.25) is 0 Å². The van der Waals surface area contributed by atoms with E-state index < -0.39 is 6.10 Å². The first-order valence-electron chi connectivity index (χ1n) is 11.0. The van der Waals surface area contributed by atoms with Gasteiger partial charge in [0.05, 0.1) is 6.10 Å². The van der Waals surface area contributed by atoms with Crippen molar-refractivity contribution in [1.29, 1.82) is 0 Å². The summed E-state index contributed by atoms with van der Waals surface area (Å²) in [7, 11) is 2.05. The molecule has 0 unspecified atom stereocenters. The molecule has 2 aromatic heterocycles. The highest BCUT2D eigenvalue weighted by Gasteiger charge is 2.30. The van der Waals surface area contributed by atoms with E-state index in [1.807, 2.05) is 19.2 Å². The molecule has 5 rings (SSSR count). The van der Waals surface area contributed by atoms with Gasteiger partial charge in [0.2, 0.25) is 0 Å². The number of aromatic nitrogens is 2. The third kappa shape index (κ3) is 3.55. The van der Waals surface area contributed by atoms with Crippen LogP contribution in [0, 0.1) is 0 Å². The zero-order valence-electron chi connectivity index (χ0n) is 17.8. The summed E-state index contributed by atoms with van der Waals surface area (Å²) in [6.45, 7) is 5.67. The molecule has 0 radical (unpaired) electrons. The van der Waals surface area contributed by atoms with Crippen molar-refractivity contribution < 1.29 is 5.11 Å². The summed E-state index contributed by atoms with van der Waals surface area (Å²) in [5.74, 6) is 1.08. The molecule has 1 saturated heterocycles. The number of nitrogens with zero attached hydrogens (tertiary/aromatic N) is 4. The molecular formula is C24H31N5O. The number of anilines is 2. The molecule has 1 saturated carbocycles. The maximum Gasteiger partial charge on any atom is 0.142 e. The molecule has 0 spiro atoms. The summed E-state index contributed by atoms with van der Waals surface area (Å²) in [4.78, 5) is 9.87. The van der Waals surface area contributed by atoms with Gasteiger partial charge >= 0.3 is 0 Å². The first-order valence-corrected chi connectivity index (χ1v) is 11.0. The fourth-order valence-corrected chi connectivity index (χ4v) is 4.70. The van der Waals surface area contributed by atoms with Crippen molar-refractivity contribution in [2.75, 3.05) is 43.0 Å². The van der Waals surface area contributed by atoms with Gasteiger partial charge in [0, 0.05) is 55.5 Å². The SMILES string of the molecule is CN[C@H]1C[C@H](n2ccc3ccc(N4CCN(c5ccc([C@@H](C)O)cc5)CC4)nc32)C1. The smallest absolute Gasteiger partial charge is 0.142 e. The lowest BCUT2D eigenvalue weighted by Gasteiger charge is -2.37. The standard InChI is InChI=1S/C24H31N5O/c1-17(30)18-3-6-21(7-4-18)27-11-13-28(14-12-27)23-8-5-19-9-10-29(24(19)26-23)22-15-20(16-22)25-2/h3-10,17,20,22,25,30H,11-16H2,1-2H3/t17-,20-,22-/m1/s1. The molecule has 3 heterocycles. The second kappa shape index (κ2) is 7.93. The molecule has 2 N–H and O–H groups in total. The second-order valence-corrected chi connectivity index (χ2v) is 8.66. The van der Waals surface area contributed by atoms with Crippen LogP contribution in [0.4, 0.5) is 11.5 Å². The largest absolute Gasteiger partial charge is 0.389 e. The summed E-state index contributed by atoms with van der Waals surface area (Å²) < 4.78 is 2.37. The molecule has 1 aliphatic heterocycles. The quantitative estimate of drug-likeness (QED) is 0.682. The van der Waals surface area contributed by atoms with Crippen molar-refractivity contribution in [2.24, 2.45) is 0 Å². The maximum absolute atomic E-state index is 9.71. The van der Waals surface area contributed by atoms with Crippen LogP contribution in [0.2, 0.25) is 0 Å². The van der Waals surface area contributed by atoms with Crippen LogP contribution in [-0.4, -0.2) is 53.9 Å². The van der Waals surface area contributed by atoms with E-state index >= 15 is 0 Å². The minimum Gasteiger partial charge on any atom is -0.389 e. The predicted octanol–water partition coefficient (Wildman–Crippen LogP) is 3.34. The van der Waals surface area contributed by atoms with Crippen LogP contribution in [0.3, 0.4) is 0 Å². The lowest BCUT2D eigenvalue weighted by molar-refractivity contribution is 0.199. The summed E-state index contributed by atoms with van der Waals surface area (Å²) in [5.41, 5.74) is 3.30. The van der Waals surface area contributed by atoms with E-state index in [1.54, 1.807) is 6.92 Å². The summed E-state index contributed by atoms with van der Waals surface area (Å²) in [5, 5.41) is 14.3. The van der Waals surface area contributed by atoms with Crippen molar-refractivity contribution in [3.05, 3.63) is 54.2 Å². The third-order valence-corrected chi connectivity index (χ3v) is 6.81. The van der Waals surface area contributed by atoms with E-state index in [0.717, 1.165) is 43.2 Å². The Hall–Kier alpha value is -2.57. The molecule has 6 heteroatoms. The Bertz CT molecular complexity index is 998. The molecule has 0 amide bonds. The van der Waals surface area contributed by atoms with Crippen molar-refractivity contribution in [3.63, 3.8) is 0 Å². The molecule has 1 aliphatic carbocycles. The molecule has 2 fully saturated rings. The Morgan fingerprint density at radius 2 is 1.67 bits per heavy atom. The van der Waals surface area contributed by atoms with E-state index in [-0.39, 0.29) is 0 Å². The third-order valence-electron chi connectivity index (χ3n) is 6.81. The van der Waals surface area contributed by atoms with Gasteiger partial charge in [-0.2, -0.15) is 0 Å². The van der Waals surface area contributed by atoms with Gasteiger partial charge in [0.15, 0.2) is 0 Å². The molecular weight excluding hydrogens is 374 g/mol. The van der Waals surface area contributed by atoms with E-state index in [9.17, 15) is 5.11 Å². The Balaban J connectivity index is 1.28. The molecule has 6 nitrogen and oxygen atoms in total. The average Bonchev–Trinajstić information content (AvgIpc) is 3.16. The van der Waals surface area contributed by atoms with Gasteiger partial charge in [-0.15, -0.1) is 0 Å². The lowest BCUT2D eigenvalue weighted by atomic mass is 9.87. The predicted molar refractivity (Wildman–Crippen MR) is 122 cm³/mol. The fraction of sp³-hybridized carbons (Fsp3) is 0.458. The van der Waals surface area contributed by atoms with E-state index in [0.29, 0.717) is 12.1 Å². The normalized spacial score (nSPS) is 22.9. The first kappa shape index (κ1) is 19.4. The topological polar surface area (TPSA) is 56.6 Å². The molecule has 0 bridgehead atoms. The number of pyridine rings is 1. The Morgan fingerprint density at radius 1 is 0.967 bits per heavy atom. The van der Waals surface area contributed by atoms with Crippen LogP contribution >= 0.6 is 0 Å². The molecule has 1 aromatic carbocycles. The number of hydrogen-bond donors (Lipinski definition) is 2. The monoisotopic (exact) mass is 405 g/mol. The number of piperazine rings is 1. The summed E-state index contributed by atoms with van der Waals surface area (Å²) in [6.07, 6.45) is 4.14. The minimum atomic E-state index is -0.417. The van der Waals surface area contributed by atoms with Crippen molar-refractivity contribution >= 4 is 22.5 Å². The van der Waals surface area contributed by atoms with E-state index in [4.69, 9.17) is 4.98 Å². The van der Waals surface area contributed by atoms with Gasteiger partial charge < -0.3 is 24.8 Å². The Labute approximate surface area is 178 Å². The van der Waals surface area contributed by atoms with Gasteiger partial charge in [-0.25, -0.2) is 4.98 Å². The fourth-order valence-electron chi connectivity index (χ4n) is 4.70. The number of hydrogen-bond acceptors (Lipinski definition) is 5. The van der Waals surface area contributed by atoms with Crippen LogP contribution in [0.5, 0.6) is 0 Å².